The van der Waals surface area contributed by atoms with Crippen LogP contribution in [0, 0.1) is 5.92 Å². The molecule has 0 saturated carbocycles. The highest BCUT2D eigenvalue weighted by molar-refractivity contribution is 5.73. The predicted molar refractivity (Wildman–Crippen MR) is 58.7 cm³/mol. The topological polar surface area (TPSA) is 73.4 Å². The summed E-state index contributed by atoms with van der Waals surface area (Å²) in [6, 6.07) is -0.131. The second-order valence-electron chi connectivity index (χ2n) is 3.93. The zero-order valence-electron chi connectivity index (χ0n) is 9.09. The second kappa shape index (κ2) is 7.48. The number of hydrogen-bond acceptors (Lipinski definition) is 3. The fraction of sp³-hybridized carbons (Fsp3) is 0.900. The summed E-state index contributed by atoms with van der Waals surface area (Å²) in [5.41, 5.74) is 0. The van der Waals surface area contributed by atoms with Crippen LogP contribution in [-0.4, -0.2) is 43.9 Å². The fourth-order valence-corrected chi connectivity index (χ4v) is 1.68. The summed E-state index contributed by atoms with van der Waals surface area (Å²) in [7, 11) is 0. The molecular formula is C10H21N3O2. The molecule has 0 spiro atoms. The minimum atomic E-state index is -0.131. The van der Waals surface area contributed by atoms with Crippen molar-refractivity contribution in [3.63, 3.8) is 0 Å². The number of urea groups is 1. The maximum absolute atomic E-state index is 11.2. The number of nitrogens with one attached hydrogen (secondary N) is 3. The summed E-state index contributed by atoms with van der Waals surface area (Å²) in [6.45, 7) is 3.48. The van der Waals surface area contributed by atoms with Gasteiger partial charge < -0.3 is 21.1 Å². The summed E-state index contributed by atoms with van der Waals surface area (Å²) < 4.78 is 0. The summed E-state index contributed by atoms with van der Waals surface area (Å²) in [4.78, 5) is 11.2. The van der Waals surface area contributed by atoms with Gasteiger partial charge in [0, 0.05) is 19.7 Å². The monoisotopic (exact) mass is 215 g/mol. The highest BCUT2D eigenvalue weighted by atomic mass is 16.3. The van der Waals surface area contributed by atoms with Crippen LogP contribution in [0.2, 0.25) is 0 Å². The third-order valence-electron chi connectivity index (χ3n) is 2.57. The smallest absolute Gasteiger partial charge is 0.314 e. The summed E-state index contributed by atoms with van der Waals surface area (Å²) >= 11 is 0. The lowest BCUT2D eigenvalue weighted by atomic mass is 10.00. The van der Waals surface area contributed by atoms with Crippen molar-refractivity contribution >= 4 is 6.03 Å². The van der Waals surface area contributed by atoms with Crippen molar-refractivity contribution in [2.75, 3.05) is 32.8 Å². The van der Waals surface area contributed by atoms with Gasteiger partial charge in [-0.1, -0.05) is 0 Å². The molecule has 0 radical (unpaired) electrons. The second-order valence-corrected chi connectivity index (χ2v) is 3.93. The molecular weight excluding hydrogens is 194 g/mol. The van der Waals surface area contributed by atoms with E-state index < -0.39 is 0 Å². The van der Waals surface area contributed by atoms with Gasteiger partial charge in [0.1, 0.15) is 0 Å². The van der Waals surface area contributed by atoms with Crippen molar-refractivity contribution in [3.05, 3.63) is 0 Å². The Balaban J connectivity index is 2.00. The maximum Gasteiger partial charge on any atom is 0.314 e. The number of rotatable bonds is 5. The SMILES string of the molecule is O=C(NCCCO)NCC1CCCNC1. The Morgan fingerprint density at radius 1 is 1.47 bits per heavy atom. The maximum atomic E-state index is 11.2. The molecule has 0 aromatic rings. The lowest BCUT2D eigenvalue weighted by Crippen LogP contribution is -2.42. The highest BCUT2D eigenvalue weighted by Gasteiger charge is 2.13. The molecule has 0 aromatic carbocycles. The van der Waals surface area contributed by atoms with Gasteiger partial charge in [-0.3, -0.25) is 0 Å². The lowest BCUT2D eigenvalue weighted by Gasteiger charge is -2.22. The van der Waals surface area contributed by atoms with Crippen LogP contribution < -0.4 is 16.0 Å². The minimum absolute atomic E-state index is 0.118. The average Bonchev–Trinajstić information content (AvgIpc) is 2.28. The number of amides is 2. The Kier molecular flexibility index (Phi) is 6.11. The third kappa shape index (κ3) is 5.59. The van der Waals surface area contributed by atoms with Gasteiger partial charge in [-0.2, -0.15) is 0 Å². The van der Waals surface area contributed by atoms with Crippen LogP contribution in [0.4, 0.5) is 4.79 Å². The highest BCUT2D eigenvalue weighted by Crippen LogP contribution is 2.07. The van der Waals surface area contributed by atoms with Crippen molar-refractivity contribution in [2.45, 2.75) is 19.3 Å². The van der Waals surface area contributed by atoms with Crippen LogP contribution in [0.25, 0.3) is 0 Å². The van der Waals surface area contributed by atoms with Gasteiger partial charge in [-0.15, -0.1) is 0 Å². The first-order chi connectivity index (χ1) is 7.33. The van der Waals surface area contributed by atoms with Crippen LogP contribution in [0.3, 0.4) is 0 Å². The van der Waals surface area contributed by atoms with Gasteiger partial charge in [0.15, 0.2) is 0 Å². The lowest BCUT2D eigenvalue weighted by molar-refractivity contribution is 0.234. The van der Waals surface area contributed by atoms with Gasteiger partial charge in [0.05, 0.1) is 0 Å². The number of carbonyl (C=O) groups is 1. The molecule has 5 nitrogen and oxygen atoms in total. The molecule has 1 aliphatic heterocycles. The number of hydrogen-bond donors (Lipinski definition) is 4. The molecule has 0 aromatic heterocycles. The molecule has 0 bridgehead atoms. The Morgan fingerprint density at radius 2 is 2.33 bits per heavy atom. The Hall–Kier alpha value is -0.810. The molecule has 1 saturated heterocycles. The van der Waals surface area contributed by atoms with E-state index in [1.165, 1.54) is 12.8 Å². The number of aliphatic hydroxyl groups excluding tert-OH is 1. The van der Waals surface area contributed by atoms with Crippen molar-refractivity contribution in [2.24, 2.45) is 5.92 Å². The molecule has 2 amide bonds. The van der Waals surface area contributed by atoms with E-state index in [1.54, 1.807) is 0 Å². The van der Waals surface area contributed by atoms with Gasteiger partial charge in [0.25, 0.3) is 0 Å². The third-order valence-corrected chi connectivity index (χ3v) is 2.57. The zero-order valence-corrected chi connectivity index (χ0v) is 9.09. The molecule has 1 aliphatic rings. The Morgan fingerprint density at radius 3 is 3.00 bits per heavy atom. The quantitative estimate of drug-likeness (QED) is 0.474. The van der Waals surface area contributed by atoms with E-state index in [4.69, 9.17) is 5.11 Å². The zero-order chi connectivity index (χ0) is 10.9. The van der Waals surface area contributed by atoms with E-state index in [0.717, 1.165) is 19.6 Å². The van der Waals surface area contributed by atoms with E-state index in [1.807, 2.05) is 0 Å². The summed E-state index contributed by atoms with van der Waals surface area (Å²) in [5.74, 6) is 0.558. The van der Waals surface area contributed by atoms with E-state index in [9.17, 15) is 4.79 Å². The van der Waals surface area contributed by atoms with Gasteiger partial charge in [0.2, 0.25) is 0 Å². The molecule has 5 heteroatoms. The Labute approximate surface area is 90.6 Å². The van der Waals surface area contributed by atoms with Gasteiger partial charge in [-0.25, -0.2) is 4.79 Å². The van der Waals surface area contributed by atoms with Crippen LogP contribution in [-0.2, 0) is 0 Å². The predicted octanol–water partition coefficient (Wildman–Crippen LogP) is -0.332. The summed E-state index contributed by atoms with van der Waals surface area (Å²) in [6.07, 6.45) is 2.99. The van der Waals surface area contributed by atoms with E-state index in [-0.39, 0.29) is 12.6 Å². The minimum Gasteiger partial charge on any atom is -0.396 e. The molecule has 1 rings (SSSR count). The standard InChI is InChI=1S/C10H21N3O2/c14-6-2-5-12-10(15)13-8-9-3-1-4-11-7-9/h9,11,14H,1-8H2,(H2,12,13,15). The number of piperidine rings is 1. The van der Waals surface area contributed by atoms with E-state index in [0.29, 0.717) is 18.9 Å². The number of aliphatic hydroxyl groups is 1. The molecule has 4 N–H and O–H groups in total. The molecule has 1 atom stereocenters. The van der Waals surface area contributed by atoms with Gasteiger partial charge >= 0.3 is 6.03 Å². The van der Waals surface area contributed by atoms with Crippen molar-refractivity contribution in [1.82, 2.24) is 16.0 Å². The molecule has 0 aliphatic carbocycles. The molecule has 1 unspecified atom stereocenters. The first kappa shape index (κ1) is 12.3. The summed E-state index contributed by atoms with van der Waals surface area (Å²) in [5, 5.41) is 17.4. The van der Waals surface area contributed by atoms with Crippen molar-refractivity contribution in [3.8, 4) is 0 Å². The van der Waals surface area contributed by atoms with Crippen LogP contribution >= 0.6 is 0 Å². The molecule has 15 heavy (non-hydrogen) atoms. The first-order valence-corrected chi connectivity index (χ1v) is 5.66. The normalized spacial score (nSPS) is 21.0. The fourth-order valence-electron chi connectivity index (χ4n) is 1.68. The van der Waals surface area contributed by atoms with Crippen molar-refractivity contribution in [1.29, 1.82) is 0 Å². The molecule has 1 heterocycles. The van der Waals surface area contributed by atoms with Crippen LogP contribution in [0.5, 0.6) is 0 Å². The van der Waals surface area contributed by atoms with Crippen LogP contribution in [0.15, 0.2) is 0 Å². The molecule has 1 fully saturated rings. The van der Waals surface area contributed by atoms with E-state index in [2.05, 4.69) is 16.0 Å². The first-order valence-electron chi connectivity index (χ1n) is 5.66. The van der Waals surface area contributed by atoms with E-state index >= 15 is 0 Å². The van der Waals surface area contributed by atoms with Crippen molar-refractivity contribution < 1.29 is 9.90 Å². The van der Waals surface area contributed by atoms with Gasteiger partial charge in [-0.05, 0) is 38.3 Å². The number of carbonyl (C=O) groups excluding carboxylic acids is 1. The largest absolute Gasteiger partial charge is 0.396 e. The average molecular weight is 215 g/mol. The van der Waals surface area contributed by atoms with Crippen LogP contribution in [0.1, 0.15) is 19.3 Å². The molecule has 88 valence electrons. The Bertz CT molecular complexity index is 182.